The van der Waals surface area contributed by atoms with E-state index in [0.29, 0.717) is 12.1 Å². The van der Waals surface area contributed by atoms with Gasteiger partial charge in [-0.15, -0.1) is 0 Å². The highest BCUT2D eigenvalue weighted by Gasteiger charge is 2.40. The Hall–Kier alpha value is -3.76. The van der Waals surface area contributed by atoms with Gasteiger partial charge in [0.1, 0.15) is 6.04 Å². The summed E-state index contributed by atoms with van der Waals surface area (Å²) in [5.74, 6) is -0.891. The maximum absolute atomic E-state index is 14.1. The molecule has 0 radical (unpaired) electrons. The molecule has 3 aromatic rings. The Balaban J connectivity index is 1.57. The first-order valence-electron chi connectivity index (χ1n) is 15.9. The van der Waals surface area contributed by atoms with Crippen LogP contribution in [0.15, 0.2) is 64.9 Å². The highest BCUT2D eigenvalue weighted by molar-refractivity contribution is 7.89. The van der Waals surface area contributed by atoms with Gasteiger partial charge in [-0.2, -0.15) is 4.31 Å². The van der Waals surface area contributed by atoms with Crippen LogP contribution in [0.25, 0.3) is 0 Å². The summed E-state index contributed by atoms with van der Waals surface area (Å²) in [6.45, 7) is 7.88. The van der Waals surface area contributed by atoms with Crippen LogP contribution < -0.4 is 11.1 Å². The number of carbonyl (C=O) groups is 2. The number of nitrogens with zero attached hydrogens (tertiary/aromatic N) is 4. The Morgan fingerprint density at radius 1 is 1.10 bits per heavy atom. The molecule has 1 saturated heterocycles. The normalized spacial score (nSPS) is 15.7. The van der Waals surface area contributed by atoms with E-state index < -0.39 is 39.0 Å². The molecule has 266 valence electrons. The van der Waals surface area contributed by atoms with Gasteiger partial charge >= 0.3 is 11.0 Å². The Morgan fingerprint density at radius 2 is 1.80 bits per heavy atom. The maximum Gasteiger partial charge on any atom is 0.324 e. The maximum atomic E-state index is 14.1. The molecule has 2 heterocycles. The predicted octanol–water partition coefficient (Wildman–Crippen LogP) is 4.59. The zero-order valence-electron chi connectivity index (χ0n) is 27.9. The van der Waals surface area contributed by atoms with Gasteiger partial charge in [0.25, 0.3) is 0 Å². The first-order chi connectivity index (χ1) is 23.1. The number of halogens is 1. The van der Waals surface area contributed by atoms with E-state index >= 15 is 0 Å². The largest absolute Gasteiger partial charge is 0.397 e. The zero-order valence-corrected chi connectivity index (χ0v) is 30.2. The van der Waals surface area contributed by atoms with Crippen molar-refractivity contribution in [3.63, 3.8) is 0 Å². The van der Waals surface area contributed by atoms with Crippen LogP contribution in [-0.4, -0.2) is 88.9 Å². The number of hydrogen-bond donors (Lipinski definition) is 3. The molecular formula is C33H43ClN6O7S2. The van der Waals surface area contributed by atoms with E-state index in [1.807, 2.05) is 58.0 Å². The summed E-state index contributed by atoms with van der Waals surface area (Å²) in [5.41, 5.74) is 7.46. The topological polar surface area (TPSA) is 179 Å². The number of urea groups is 1. The van der Waals surface area contributed by atoms with Gasteiger partial charge in [0.05, 0.1) is 32.7 Å². The summed E-state index contributed by atoms with van der Waals surface area (Å²) in [7, 11) is -4.12. The molecular weight excluding hydrogens is 692 g/mol. The molecule has 3 atom stereocenters. The number of nitro groups is 1. The fraction of sp³-hybridized carbons (Fsp3) is 0.455. The number of benzene rings is 2. The number of carbonyl (C=O) groups excluding carboxylic acids is 2. The Bertz CT molecular complexity index is 1740. The minimum Gasteiger partial charge on any atom is -0.397 e. The summed E-state index contributed by atoms with van der Waals surface area (Å²) >= 11 is 7.03. The molecule has 0 spiro atoms. The molecule has 13 nitrogen and oxygen atoms in total. The van der Waals surface area contributed by atoms with Gasteiger partial charge in [-0.05, 0) is 47.6 Å². The highest BCUT2D eigenvalue weighted by Crippen LogP contribution is 2.28. The van der Waals surface area contributed by atoms with Crippen molar-refractivity contribution in [2.24, 2.45) is 11.8 Å². The van der Waals surface area contributed by atoms with E-state index in [1.165, 1.54) is 33.5 Å². The van der Waals surface area contributed by atoms with Crippen LogP contribution in [0.4, 0.5) is 15.5 Å². The number of anilines is 1. The van der Waals surface area contributed by atoms with Gasteiger partial charge < -0.3 is 26.0 Å². The molecule has 0 saturated carbocycles. The number of nitrogens with one attached hydrogen (secondary N) is 1. The number of amides is 3. The van der Waals surface area contributed by atoms with E-state index in [9.17, 15) is 33.2 Å². The van der Waals surface area contributed by atoms with E-state index in [0.717, 1.165) is 16.9 Å². The van der Waals surface area contributed by atoms with Crippen LogP contribution in [0, 0.1) is 22.0 Å². The quantitative estimate of drug-likeness (QED) is 0.109. The molecule has 0 aliphatic carbocycles. The van der Waals surface area contributed by atoms with Crippen molar-refractivity contribution in [1.82, 2.24) is 19.4 Å². The molecule has 1 aromatic heterocycles. The smallest absolute Gasteiger partial charge is 0.324 e. The highest BCUT2D eigenvalue weighted by atomic mass is 35.5. The second-order valence-electron chi connectivity index (χ2n) is 12.9. The summed E-state index contributed by atoms with van der Waals surface area (Å²) in [5, 5.41) is 27.6. The van der Waals surface area contributed by atoms with E-state index in [1.54, 1.807) is 10.3 Å². The fourth-order valence-corrected chi connectivity index (χ4v) is 8.33. The zero-order chi connectivity index (χ0) is 36.0. The molecule has 4 rings (SSSR count). The lowest BCUT2D eigenvalue weighted by molar-refractivity contribution is -0.380. The van der Waals surface area contributed by atoms with Crippen LogP contribution >= 0.6 is 22.9 Å². The first-order valence-corrected chi connectivity index (χ1v) is 18.6. The lowest BCUT2D eigenvalue weighted by atomic mass is 9.97. The third-order valence-electron chi connectivity index (χ3n) is 8.21. The Labute approximate surface area is 295 Å². The molecule has 1 aliphatic heterocycles. The van der Waals surface area contributed by atoms with Gasteiger partial charge in [0.2, 0.25) is 15.9 Å². The van der Waals surface area contributed by atoms with Crippen molar-refractivity contribution in [3.05, 3.63) is 86.2 Å². The van der Waals surface area contributed by atoms with Crippen molar-refractivity contribution in [2.45, 2.75) is 63.7 Å². The number of aliphatic hydroxyl groups is 1. The van der Waals surface area contributed by atoms with E-state index in [-0.39, 0.29) is 71.1 Å². The molecule has 1 aliphatic rings. The molecule has 16 heteroatoms. The minimum absolute atomic E-state index is 0.0157. The van der Waals surface area contributed by atoms with Crippen LogP contribution in [0.3, 0.4) is 0 Å². The number of thiophene rings is 1. The minimum atomic E-state index is -4.12. The summed E-state index contributed by atoms with van der Waals surface area (Å²) in [4.78, 5) is 41.2. The van der Waals surface area contributed by atoms with Crippen molar-refractivity contribution in [2.75, 3.05) is 31.9 Å². The summed E-state index contributed by atoms with van der Waals surface area (Å²) < 4.78 is 28.8. The number of hydrogen-bond acceptors (Lipinski definition) is 9. The second-order valence-corrected chi connectivity index (χ2v) is 16.1. The average Bonchev–Trinajstić information content (AvgIpc) is 3.65. The molecule has 0 unspecified atom stereocenters. The van der Waals surface area contributed by atoms with Crippen molar-refractivity contribution in [3.8, 4) is 0 Å². The Morgan fingerprint density at radius 3 is 2.39 bits per heavy atom. The van der Waals surface area contributed by atoms with E-state index in [2.05, 4.69) is 5.32 Å². The third-order valence-corrected chi connectivity index (χ3v) is 11.3. The third kappa shape index (κ3) is 9.48. The van der Waals surface area contributed by atoms with Crippen LogP contribution in [0.5, 0.6) is 0 Å². The molecule has 2 aromatic carbocycles. The lowest BCUT2D eigenvalue weighted by Crippen LogP contribution is -2.57. The number of rotatable bonds is 16. The van der Waals surface area contributed by atoms with Crippen LogP contribution in [-0.2, 0) is 27.8 Å². The van der Waals surface area contributed by atoms with Gasteiger partial charge in [0.15, 0.2) is 0 Å². The molecule has 0 bridgehead atoms. The number of nitrogen functional groups attached to an aromatic ring is 1. The summed E-state index contributed by atoms with van der Waals surface area (Å²) in [6.07, 6.45) is -1.14. The predicted molar refractivity (Wildman–Crippen MR) is 190 cm³/mol. The Kier molecular flexibility index (Phi) is 12.7. The average molecular weight is 735 g/mol. The SMILES string of the molecule is CC(C)CN(C[C@@H](O)[C@H](Cc1ccccc1)NC(=O)[C@H](C(C)C)N1CCN(Cc2csc([N+](=O)[O-])c2)C1=O)S(=O)(=O)c1ccc(Cl)c(N)c1. The lowest BCUT2D eigenvalue weighted by Gasteiger charge is -2.34. The molecule has 1 fully saturated rings. The van der Waals surface area contributed by atoms with Gasteiger partial charge in [-0.3, -0.25) is 14.9 Å². The molecule has 3 amide bonds. The fourth-order valence-electron chi connectivity index (χ4n) is 5.84. The van der Waals surface area contributed by atoms with E-state index in [4.69, 9.17) is 17.3 Å². The standard InChI is InChI=1S/C33H43ClN6O7S2/c1-21(2)17-38(49(46,47)25-10-11-26(34)27(35)16-25)19-29(41)28(14-23-8-6-5-7-9-23)36-32(42)31(22(3)4)39-13-12-37(33(39)43)18-24-15-30(40(44)45)48-20-24/h5-11,15-16,20-22,28-29,31,41H,12-14,17-19,35H2,1-4H3,(H,36,42)/t28-,29+,31-/m0/s1. The van der Waals surface area contributed by atoms with Crippen molar-refractivity contribution >= 4 is 55.6 Å². The van der Waals surface area contributed by atoms with Crippen molar-refractivity contribution < 1.29 is 28.0 Å². The molecule has 49 heavy (non-hydrogen) atoms. The van der Waals surface area contributed by atoms with Crippen LogP contribution in [0.2, 0.25) is 5.02 Å². The second kappa shape index (κ2) is 16.3. The van der Waals surface area contributed by atoms with Gasteiger partial charge in [-0.1, -0.05) is 81.0 Å². The number of aliphatic hydroxyl groups excluding tert-OH is 1. The summed E-state index contributed by atoms with van der Waals surface area (Å²) in [6, 6.07) is 12.5. The first kappa shape index (κ1) is 38.0. The van der Waals surface area contributed by atoms with Gasteiger partial charge in [-0.25, -0.2) is 13.2 Å². The number of sulfonamides is 1. The molecule has 4 N–H and O–H groups in total. The van der Waals surface area contributed by atoms with Crippen LogP contribution in [0.1, 0.15) is 38.8 Å². The van der Waals surface area contributed by atoms with Crippen molar-refractivity contribution in [1.29, 1.82) is 0 Å². The number of nitrogens with two attached hydrogens (primary N) is 1. The monoisotopic (exact) mass is 734 g/mol. The van der Waals surface area contributed by atoms with Gasteiger partial charge in [0, 0.05) is 44.2 Å².